The Morgan fingerprint density at radius 1 is 1.44 bits per heavy atom. The zero-order chi connectivity index (χ0) is 13.7. The van der Waals surface area contributed by atoms with E-state index in [1.807, 2.05) is 19.2 Å². The molecular weight excluding hydrogens is 236 g/mol. The molecule has 1 unspecified atom stereocenters. The van der Waals surface area contributed by atoms with Gasteiger partial charge in [-0.1, -0.05) is 19.1 Å². The van der Waals surface area contributed by atoms with E-state index < -0.39 is 18.0 Å². The average molecular weight is 254 g/mol. The van der Waals surface area contributed by atoms with Crippen LogP contribution in [-0.4, -0.2) is 33.0 Å². The zero-order valence-electron chi connectivity index (χ0n) is 10.7. The number of hydrogen-bond donors (Lipinski definition) is 3. The number of urea groups is 1. The number of imide groups is 1. The third-order valence-corrected chi connectivity index (χ3v) is 2.27. The van der Waals surface area contributed by atoms with Crippen LogP contribution in [0.5, 0.6) is 0 Å². The lowest BCUT2D eigenvalue weighted by Crippen LogP contribution is -2.39. The van der Waals surface area contributed by atoms with E-state index in [1.165, 1.54) is 4.68 Å². The van der Waals surface area contributed by atoms with Crippen molar-refractivity contribution in [2.45, 2.75) is 39.4 Å². The van der Waals surface area contributed by atoms with Gasteiger partial charge in [0.1, 0.15) is 6.04 Å². The smallest absolute Gasteiger partial charge is 0.318 e. The number of carbonyl (C=O) groups excluding carboxylic acids is 2. The van der Waals surface area contributed by atoms with Crippen LogP contribution in [-0.2, 0) is 11.3 Å². The zero-order valence-corrected chi connectivity index (χ0v) is 10.7. The highest BCUT2D eigenvalue weighted by atomic mass is 16.2. The van der Waals surface area contributed by atoms with Crippen LogP contribution in [0, 0.1) is 0 Å². The Balaban J connectivity index is 2.61. The summed E-state index contributed by atoms with van der Waals surface area (Å²) in [6.07, 6.45) is 1.65. The molecule has 0 aliphatic rings. The summed E-state index contributed by atoms with van der Waals surface area (Å²) in [7, 11) is 0. The first kappa shape index (κ1) is 14.1. The molecule has 0 bridgehead atoms. The van der Waals surface area contributed by atoms with Crippen molar-refractivity contribution in [3.05, 3.63) is 11.9 Å². The first-order valence-electron chi connectivity index (χ1n) is 5.64. The second-order valence-electron chi connectivity index (χ2n) is 4.25. The molecule has 0 saturated heterocycles. The molecule has 0 aromatic carbocycles. The van der Waals surface area contributed by atoms with Gasteiger partial charge in [-0.15, -0.1) is 5.10 Å². The summed E-state index contributed by atoms with van der Waals surface area (Å²) in [5.41, 5.74) is 5.59. The Kier molecular flexibility index (Phi) is 4.78. The second-order valence-corrected chi connectivity index (χ2v) is 4.25. The van der Waals surface area contributed by atoms with Crippen molar-refractivity contribution in [1.29, 1.82) is 0 Å². The fraction of sp³-hybridized carbons (Fsp3) is 0.600. The molecule has 1 aromatic heterocycles. The van der Waals surface area contributed by atoms with E-state index in [0.717, 1.165) is 5.69 Å². The largest absolute Gasteiger partial charge is 0.351 e. The van der Waals surface area contributed by atoms with Crippen molar-refractivity contribution in [1.82, 2.24) is 25.6 Å². The first-order chi connectivity index (χ1) is 8.40. The molecule has 0 spiro atoms. The predicted octanol–water partition coefficient (Wildman–Crippen LogP) is -0.468. The maximum Gasteiger partial charge on any atom is 0.318 e. The van der Waals surface area contributed by atoms with Crippen LogP contribution in [0.15, 0.2) is 6.20 Å². The van der Waals surface area contributed by atoms with E-state index in [9.17, 15) is 9.59 Å². The Morgan fingerprint density at radius 3 is 2.67 bits per heavy atom. The Hall–Kier alpha value is -1.96. The summed E-state index contributed by atoms with van der Waals surface area (Å²) >= 11 is 0. The van der Waals surface area contributed by atoms with Crippen LogP contribution >= 0.6 is 0 Å². The summed E-state index contributed by atoms with van der Waals surface area (Å²) in [6.45, 7) is 6.22. The van der Waals surface area contributed by atoms with Gasteiger partial charge in [-0.25, -0.2) is 9.48 Å². The van der Waals surface area contributed by atoms with Crippen molar-refractivity contribution in [3.63, 3.8) is 0 Å². The van der Waals surface area contributed by atoms with Gasteiger partial charge in [-0.05, 0) is 6.92 Å². The molecule has 18 heavy (non-hydrogen) atoms. The molecule has 100 valence electrons. The van der Waals surface area contributed by atoms with E-state index in [2.05, 4.69) is 15.6 Å². The number of nitrogens with zero attached hydrogens (tertiary/aromatic N) is 3. The third-order valence-electron chi connectivity index (χ3n) is 2.27. The molecule has 8 nitrogen and oxygen atoms in total. The summed E-state index contributed by atoms with van der Waals surface area (Å²) < 4.78 is 1.38. The van der Waals surface area contributed by atoms with Gasteiger partial charge in [-0.2, -0.15) is 0 Å². The minimum atomic E-state index is -0.881. The monoisotopic (exact) mass is 254 g/mol. The molecule has 3 amide bonds. The van der Waals surface area contributed by atoms with Gasteiger partial charge in [-0.3, -0.25) is 10.1 Å². The highest BCUT2D eigenvalue weighted by Gasteiger charge is 2.17. The van der Waals surface area contributed by atoms with E-state index in [0.29, 0.717) is 12.6 Å². The maximum atomic E-state index is 11.5. The number of aromatic nitrogens is 3. The van der Waals surface area contributed by atoms with Gasteiger partial charge in [0, 0.05) is 12.6 Å². The number of carbonyl (C=O) groups is 2. The van der Waals surface area contributed by atoms with Crippen molar-refractivity contribution in [2.24, 2.45) is 5.73 Å². The van der Waals surface area contributed by atoms with Crippen LogP contribution < -0.4 is 16.4 Å². The SMILES string of the molecule is CC(C)NCc1cn(C(C)C(=O)NC(N)=O)nn1. The van der Waals surface area contributed by atoms with Gasteiger partial charge in [0.15, 0.2) is 0 Å². The third kappa shape index (κ3) is 4.13. The van der Waals surface area contributed by atoms with Gasteiger partial charge in [0.2, 0.25) is 0 Å². The summed E-state index contributed by atoms with van der Waals surface area (Å²) in [5, 5.41) is 12.9. The molecule has 0 aliphatic carbocycles. The lowest BCUT2D eigenvalue weighted by atomic mass is 10.3. The molecule has 0 fully saturated rings. The van der Waals surface area contributed by atoms with E-state index in [-0.39, 0.29) is 0 Å². The molecule has 0 aliphatic heterocycles. The van der Waals surface area contributed by atoms with Crippen LogP contribution in [0.4, 0.5) is 4.79 Å². The molecule has 4 N–H and O–H groups in total. The molecule has 1 heterocycles. The van der Waals surface area contributed by atoms with Gasteiger partial charge < -0.3 is 11.1 Å². The lowest BCUT2D eigenvalue weighted by molar-refractivity contribution is -0.123. The van der Waals surface area contributed by atoms with E-state index in [1.54, 1.807) is 13.1 Å². The van der Waals surface area contributed by atoms with E-state index in [4.69, 9.17) is 5.73 Å². The minimum Gasteiger partial charge on any atom is -0.351 e. The van der Waals surface area contributed by atoms with E-state index >= 15 is 0 Å². The highest BCUT2D eigenvalue weighted by molar-refractivity contribution is 5.95. The second kappa shape index (κ2) is 6.10. The fourth-order valence-electron chi connectivity index (χ4n) is 1.24. The van der Waals surface area contributed by atoms with Crippen molar-refractivity contribution >= 4 is 11.9 Å². The Bertz CT molecular complexity index is 428. The minimum absolute atomic E-state index is 0.339. The molecular formula is C10H18N6O2. The topological polar surface area (TPSA) is 115 Å². The van der Waals surface area contributed by atoms with Crippen molar-refractivity contribution in [3.8, 4) is 0 Å². The van der Waals surface area contributed by atoms with Crippen LogP contribution in [0.25, 0.3) is 0 Å². The number of rotatable bonds is 5. The Morgan fingerprint density at radius 2 is 2.11 bits per heavy atom. The highest BCUT2D eigenvalue weighted by Crippen LogP contribution is 2.04. The Labute approximate surface area is 105 Å². The lowest BCUT2D eigenvalue weighted by Gasteiger charge is -2.09. The van der Waals surface area contributed by atoms with Crippen molar-refractivity contribution in [2.75, 3.05) is 0 Å². The average Bonchev–Trinajstić information content (AvgIpc) is 2.72. The molecule has 8 heteroatoms. The normalized spacial score (nSPS) is 12.4. The van der Waals surface area contributed by atoms with Gasteiger partial charge in [0.05, 0.1) is 11.9 Å². The molecule has 1 atom stereocenters. The van der Waals surface area contributed by atoms with Crippen LogP contribution in [0.1, 0.15) is 32.5 Å². The van der Waals surface area contributed by atoms with Gasteiger partial charge in [0.25, 0.3) is 5.91 Å². The summed E-state index contributed by atoms with van der Waals surface area (Å²) in [6, 6.07) is -1.18. The summed E-state index contributed by atoms with van der Waals surface area (Å²) in [4.78, 5) is 22.1. The number of hydrogen-bond acceptors (Lipinski definition) is 5. The van der Waals surface area contributed by atoms with Crippen LogP contribution in [0.3, 0.4) is 0 Å². The maximum absolute atomic E-state index is 11.5. The molecule has 0 saturated carbocycles. The van der Waals surface area contributed by atoms with Crippen LogP contribution in [0.2, 0.25) is 0 Å². The number of nitrogens with two attached hydrogens (primary N) is 1. The van der Waals surface area contributed by atoms with Gasteiger partial charge >= 0.3 is 6.03 Å². The summed E-state index contributed by atoms with van der Waals surface area (Å²) in [5.74, 6) is -0.518. The standard InChI is InChI=1S/C10H18N6O2/c1-6(2)12-4-8-5-16(15-14-8)7(3)9(17)13-10(11)18/h5-7,12H,4H2,1-3H3,(H3,11,13,17,18). The number of primary amides is 1. The first-order valence-corrected chi connectivity index (χ1v) is 5.64. The molecule has 1 aromatic rings. The molecule has 0 radical (unpaired) electrons. The number of nitrogens with one attached hydrogen (secondary N) is 2. The predicted molar refractivity (Wildman–Crippen MR) is 64.4 cm³/mol. The fourth-order valence-corrected chi connectivity index (χ4v) is 1.24. The van der Waals surface area contributed by atoms with Crippen molar-refractivity contribution < 1.29 is 9.59 Å². The molecule has 1 rings (SSSR count). The quantitative estimate of drug-likeness (QED) is 0.657. The number of amides is 3.